The molecule has 0 bridgehead atoms. The van der Waals surface area contributed by atoms with Crippen LogP contribution in [-0.4, -0.2) is 27.4 Å². The first-order valence-electron chi connectivity index (χ1n) is 6.63. The van der Waals surface area contributed by atoms with E-state index in [9.17, 15) is 15.0 Å². The van der Waals surface area contributed by atoms with Crippen molar-refractivity contribution in [1.29, 1.82) is 0 Å². The molecule has 0 fully saturated rings. The predicted octanol–water partition coefficient (Wildman–Crippen LogP) is 2.52. The highest BCUT2D eigenvalue weighted by Crippen LogP contribution is 2.31. The van der Waals surface area contributed by atoms with Gasteiger partial charge < -0.3 is 19.5 Å². The van der Waals surface area contributed by atoms with Crippen LogP contribution in [0.2, 0.25) is 0 Å². The molecule has 0 aliphatic carbocycles. The highest BCUT2D eigenvalue weighted by Gasteiger charge is 2.24. The molecule has 1 aromatic carbocycles. The Balaban J connectivity index is 2.56. The van der Waals surface area contributed by atoms with Gasteiger partial charge in [-0.15, -0.1) is 0 Å². The number of aliphatic hydroxyl groups excluding tert-OH is 1. The number of ether oxygens (including phenoxy) is 1. The molecule has 2 N–H and O–H groups in total. The van der Waals surface area contributed by atoms with E-state index < -0.39 is 12.1 Å². The van der Waals surface area contributed by atoms with Gasteiger partial charge in [-0.1, -0.05) is 0 Å². The van der Waals surface area contributed by atoms with Crippen molar-refractivity contribution < 1.29 is 19.7 Å². The molecular formula is C15H19NO4. The molecule has 1 aromatic heterocycles. The van der Waals surface area contributed by atoms with Gasteiger partial charge >= 0.3 is 5.97 Å². The fraction of sp³-hybridized carbons (Fsp3) is 0.400. The first kappa shape index (κ1) is 14.4. The number of rotatable bonds is 4. The zero-order valence-electron chi connectivity index (χ0n) is 11.8. The summed E-state index contributed by atoms with van der Waals surface area (Å²) in [4.78, 5) is 11.7. The highest BCUT2D eigenvalue weighted by molar-refractivity contribution is 5.90. The molecule has 20 heavy (non-hydrogen) atoms. The molecule has 1 heterocycles. The topological polar surface area (TPSA) is 71.7 Å². The number of carbonyl (C=O) groups excluding carboxylic acids is 1. The van der Waals surface area contributed by atoms with Gasteiger partial charge in [0.25, 0.3) is 0 Å². The Hall–Kier alpha value is -2.01. The molecule has 1 atom stereocenters. The summed E-state index contributed by atoms with van der Waals surface area (Å²) < 4.78 is 6.76. The molecule has 0 amide bonds. The first-order chi connectivity index (χ1) is 9.45. The van der Waals surface area contributed by atoms with Crippen molar-refractivity contribution in [2.75, 3.05) is 6.61 Å². The second kappa shape index (κ2) is 5.54. The van der Waals surface area contributed by atoms with E-state index in [2.05, 4.69) is 0 Å². The van der Waals surface area contributed by atoms with E-state index in [1.807, 2.05) is 18.4 Å². The molecule has 5 nitrogen and oxygen atoms in total. The lowest BCUT2D eigenvalue weighted by Gasteiger charge is -2.09. The number of aromatic hydroxyl groups is 1. The molecular weight excluding hydrogens is 258 g/mol. The van der Waals surface area contributed by atoms with Crippen LogP contribution in [0.25, 0.3) is 10.9 Å². The third kappa shape index (κ3) is 2.49. The van der Waals surface area contributed by atoms with Gasteiger partial charge in [0.15, 0.2) is 6.10 Å². The van der Waals surface area contributed by atoms with Gasteiger partial charge in [-0.25, -0.2) is 4.79 Å². The number of nitrogens with zero attached hydrogens (tertiary/aromatic N) is 1. The van der Waals surface area contributed by atoms with Crippen molar-refractivity contribution in [2.24, 2.45) is 0 Å². The van der Waals surface area contributed by atoms with Gasteiger partial charge in [-0.2, -0.15) is 0 Å². The van der Waals surface area contributed by atoms with Crippen LogP contribution in [0.5, 0.6) is 5.75 Å². The Morgan fingerprint density at radius 1 is 1.40 bits per heavy atom. The maximum Gasteiger partial charge on any atom is 0.339 e. The zero-order valence-corrected chi connectivity index (χ0v) is 11.8. The number of fused-ring (bicyclic) bond motifs is 1. The monoisotopic (exact) mass is 277 g/mol. The molecule has 1 unspecified atom stereocenters. The molecule has 2 aromatic rings. The number of phenols is 1. The third-order valence-corrected chi connectivity index (χ3v) is 3.21. The Kier molecular flexibility index (Phi) is 3.99. The van der Waals surface area contributed by atoms with Crippen LogP contribution in [0.1, 0.15) is 38.5 Å². The Morgan fingerprint density at radius 2 is 2.10 bits per heavy atom. The molecule has 0 saturated heterocycles. The molecule has 5 heteroatoms. The summed E-state index contributed by atoms with van der Waals surface area (Å²) >= 11 is 0. The molecule has 0 aliphatic rings. The minimum absolute atomic E-state index is 0.141. The first-order valence-corrected chi connectivity index (χ1v) is 6.63. The van der Waals surface area contributed by atoms with Gasteiger partial charge in [0.05, 0.1) is 12.1 Å². The maximum atomic E-state index is 11.7. The van der Waals surface area contributed by atoms with Crippen LogP contribution in [-0.2, 0) is 9.53 Å². The molecule has 0 radical (unpaired) electrons. The van der Waals surface area contributed by atoms with Crippen LogP contribution in [0.3, 0.4) is 0 Å². The second-order valence-corrected chi connectivity index (χ2v) is 4.94. The van der Waals surface area contributed by atoms with E-state index in [0.29, 0.717) is 5.56 Å². The number of carbonyl (C=O) groups is 1. The minimum Gasteiger partial charge on any atom is -0.508 e. The number of aliphatic hydroxyl groups is 1. The van der Waals surface area contributed by atoms with Crippen molar-refractivity contribution in [3.8, 4) is 5.75 Å². The van der Waals surface area contributed by atoms with Crippen molar-refractivity contribution in [3.63, 3.8) is 0 Å². The number of hydrogen-bond donors (Lipinski definition) is 2. The van der Waals surface area contributed by atoms with E-state index >= 15 is 0 Å². The normalized spacial score (nSPS) is 12.8. The summed E-state index contributed by atoms with van der Waals surface area (Å²) in [5, 5.41) is 20.5. The maximum absolute atomic E-state index is 11.7. The Bertz CT molecular complexity index is 630. The standard InChI is InChI=1S/C15H19NO4/c1-4-20-15(19)14(18)12-8-16(9(2)3)13-7-10(17)5-6-11(12)13/h5-9,14,17-18H,4H2,1-3H3. The molecule has 2 rings (SSSR count). The van der Waals surface area contributed by atoms with Gasteiger partial charge in [0.1, 0.15) is 5.75 Å². The van der Waals surface area contributed by atoms with Crippen LogP contribution in [0, 0.1) is 0 Å². The Labute approximate surface area is 117 Å². The van der Waals surface area contributed by atoms with Crippen molar-refractivity contribution in [2.45, 2.75) is 32.9 Å². The van der Waals surface area contributed by atoms with E-state index in [1.165, 1.54) is 6.07 Å². The lowest BCUT2D eigenvalue weighted by atomic mass is 10.1. The number of esters is 1. The van der Waals surface area contributed by atoms with E-state index in [0.717, 1.165) is 10.9 Å². The van der Waals surface area contributed by atoms with E-state index in [-0.39, 0.29) is 18.4 Å². The smallest absolute Gasteiger partial charge is 0.339 e. The lowest BCUT2D eigenvalue weighted by molar-refractivity contribution is -0.153. The fourth-order valence-corrected chi connectivity index (χ4v) is 2.26. The van der Waals surface area contributed by atoms with Crippen LogP contribution < -0.4 is 0 Å². The van der Waals surface area contributed by atoms with Gasteiger partial charge in [-0.05, 0) is 32.9 Å². The average molecular weight is 277 g/mol. The predicted molar refractivity (Wildman–Crippen MR) is 75.6 cm³/mol. The summed E-state index contributed by atoms with van der Waals surface area (Å²) in [5.41, 5.74) is 1.27. The minimum atomic E-state index is -1.32. The van der Waals surface area contributed by atoms with Gasteiger partial charge in [0.2, 0.25) is 0 Å². The van der Waals surface area contributed by atoms with Crippen LogP contribution in [0.4, 0.5) is 0 Å². The summed E-state index contributed by atoms with van der Waals surface area (Å²) in [6.07, 6.45) is 0.415. The summed E-state index contributed by atoms with van der Waals surface area (Å²) in [6, 6.07) is 4.99. The number of phenolic OH excluding ortho intramolecular Hbond substituents is 1. The second-order valence-electron chi connectivity index (χ2n) is 4.94. The van der Waals surface area contributed by atoms with E-state index in [4.69, 9.17) is 4.74 Å². The van der Waals surface area contributed by atoms with Crippen LogP contribution >= 0.6 is 0 Å². The summed E-state index contributed by atoms with van der Waals surface area (Å²) in [6.45, 7) is 5.90. The van der Waals surface area contributed by atoms with Crippen molar-refractivity contribution in [3.05, 3.63) is 30.0 Å². The van der Waals surface area contributed by atoms with Crippen molar-refractivity contribution in [1.82, 2.24) is 4.57 Å². The third-order valence-electron chi connectivity index (χ3n) is 3.21. The van der Waals surface area contributed by atoms with Gasteiger partial charge in [0, 0.05) is 29.3 Å². The van der Waals surface area contributed by atoms with Crippen molar-refractivity contribution >= 4 is 16.9 Å². The van der Waals surface area contributed by atoms with Gasteiger partial charge in [-0.3, -0.25) is 0 Å². The molecule has 0 spiro atoms. The number of aromatic nitrogens is 1. The molecule has 0 saturated carbocycles. The van der Waals surface area contributed by atoms with Crippen LogP contribution in [0.15, 0.2) is 24.4 Å². The lowest BCUT2D eigenvalue weighted by Crippen LogP contribution is -2.15. The SMILES string of the molecule is CCOC(=O)C(O)c1cn(C(C)C)c2cc(O)ccc12. The quantitative estimate of drug-likeness (QED) is 0.842. The average Bonchev–Trinajstić information content (AvgIpc) is 2.76. The summed E-state index contributed by atoms with van der Waals surface area (Å²) in [5.74, 6) is -0.516. The zero-order chi connectivity index (χ0) is 14.9. The highest BCUT2D eigenvalue weighted by atomic mass is 16.5. The van der Waals surface area contributed by atoms with E-state index in [1.54, 1.807) is 25.3 Å². The number of benzene rings is 1. The number of hydrogen-bond acceptors (Lipinski definition) is 4. The fourth-order valence-electron chi connectivity index (χ4n) is 2.26. The Morgan fingerprint density at radius 3 is 2.70 bits per heavy atom. The summed E-state index contributed by atoms with van der Waals surface area (Å²) in [7, 11) is 0. The largest absolute Gasteiger partial charge is 0.508 e. The molecule has 108 valence electrons. The molecule has 0 aliphatic heterocycles.